The van der Waals surface area contributed by atoms with Gasteiger partial charge in [-0.15, -0.1) is 0 Å². The third kappa shape index (κ3) is 3.30. The second kappa shape index (κ2) is 6.17. The molecule has 0 aromatic carbocycles. The molecule has 1 aromatic rings. The largest absolute Gasteiger partial charge is 0.396 e. The number of aliphatic hydroxyl groups is 1. The van der Waals surface area contributed by atoms with Gasteiger partial charge in [0.1, 0.15) is 0 Å². The van der Waals surface area contributed by atoms with Crippen LogP contribution in [0.2, 0.25) is 0 Å². The molecule has 1 aliphatic rings. The maximum atomic E-state index is 9.01. The first-order chi connectivity index (χ1) is 8.33. The lowest BCUT2D eigenvalue weighted by molar-refractivity contribution is 0.140. The summed E-state index contributed by atoms with van der Waals surface area (Å²) in [6, 6.07) is 0. The van der Waals surface area contributed by atoms with E-state index in [2.05, 4.69) is 21.4 Å². The van der Waals surface area contributed by atoms with E-state index in [0.717, 1.165) is 26.1 Å². The van der Waals surface area contributed by atoms with Gasteiger partial charge in [0.05, 0.1) is 12.0 Å². The fraction of sp³-hybridized carbons (Fsp3) is 0.769. The summed E-state index contributed by atoms with van der Waals surface area (Å²) < 4.78 is 2.20. The Bertz CT molecular complexity index is 335. The van der Waals surface area contributed by atoms with Crippen molar-refractivity contribution in [3.8, 4) is 0 Å². The quantitative estimate of drug-likeness (QED) is 0.843. The summed E-state index contributed by atoms with van der Waals surface area (Å²) in [5.41, 5.74) is 1.30. The Morgan fingerprint density at radius 1 is 1.53 bits per heavy atom. The Morgan fingerprint density at radius 2 is 2.41 bits per heavy atom. The third-order valence-corrected chi connectivity index (χ3v) is 3.67. The van der Waals surface area contributed by atoms with Crippen molar-refractivity contribution >= 4 is 0 Å². The molecular formula is C13H23N3O. The van der Waals surface area contributed by atoms with Gasteiger partial charge in [-0.2, -0.15) is 0 Å². The summed E-state index contributed by atoms with van der Waals surface area (Å²) in [4.78, 5) is 6.70. The molecule has 4 heteroatoms. The number of likely N-dealkylation sites (tertiary alicyclic amines) is 1. The first kappa shape index (κ1) is 12.6. The number of rotatable bonds is 5. The molecule has 0 saturated carbocycles. The number of aryl methyl sites for hydroxylation is 1. The third-order valence-electron chi connectivity index (χ3n) is 3.67. The molecule has 0 spiro atoms. The van der Waals surface area contributed by atoms with Crippen LogP contribution in [0.25, 0.3) is 0 Å². The fourth-order valence-corrected chi connectivity index (χ4v) is 2.71. The van der Waals surface area contributed by atoms with Gasteiger partial charge in [0.15, 0.2) is 0 Å². The van der Waals surface area contributed by atoms with Crippen molar-refractivity contribution in [1.29, 1.82) is 0 Å². The SMILES string of the molecule is CCn1cncc1CN1CCCC(CCO)C1. The number of imidazole rings is 1. The van der Waals surface area contributed by atoms with Crippen LogP contribution in [0.5, 0.6) is 0 Å². The minimum atomic E-state index is 0.325. The zero-order chi connectivity index (χ0) is 12.1. The Kier molecular flexibility index (Phi) is 4.57. The molecule has 1 aliphatic heterocycles. The summed E-state index contributed by atoms with van der Waals surface area (Å²) in [7, 11) is 0. The number of hydrogen-bond acceptors (Lipinski definition) is 3. The summed E-state index contributed by atoms with van der Waals surface area (Å²) >= 11 is 0. The van der Waals surface area contributed by atoms with Crippen molar-refractivity contribution < 1.29 is 5.11 Å². The Balaban J connectivity index is 1.90. The zero-order valence-corrected chi connectivity index (χ0v) is 10.7. The zero-order valence-electron chi connectivity index (χ0n) is 10.7. The highest BCUT2D eigenvalue weighted by Gasteiger charge is 2.20. The van der Waals surface area contributed by atoms with E-state index >= 15 is 0 Å². The Morgan fingerprint density at radius 3 is 3.18 bits per heavy atom. The highest BCUT2D eigenvalue weighted by molar-refractivity contribution is 4.98. The Hall–Kier alpha value is -0.870. The van der Waals surface area contributed by atoms with Gasteiger partial charge in [-0.3, -0.25) is 4.90 Å². The van der Waals surface area contributed by atoms with Crippen LogP contribution < -0.4 is 0 Å². The lowest BCUT2D eigenvalue weighted by Crippen LogP contribution is -2.35. The number of piperidine rings is 1. The van der Waals surface area contributed by atoms with Crippen LogP contribution in [0.4, 0.5) is 0 Å². The normalized spacial score (nSPS) is 21.9. The van der Waals surface area contributed by atoms with E-state index in [1.54, 1.807) is 0 Å². The van der Waals surface area contributed by atoms with Gasteiger partial charge in [-0.1, -0.05) is 0 Å². The molecule has 1 saturated heterocycles. The van der Waals surface area contributed by atoms with E-state index in [4.69, 9.17) is 5.11 Å². The standard InChI is InChI=1S/C13H23N3O/c1-2-16-11-14-8-13(16)10-15-6-3-4-12(9-15)5-7-17/h8,11-12,17H,2-7,9-10H2,1H3. The van der Waals surface area contributed by atoms with Gasteiger partial charge in [-0.05, 0) is 38.6 Å². The van der Waals surface area contributed by atoms with Gasteiger partial charge in [0.25, 0.3) is 0 Å². The van der Waals surface area contributed by atoms with Gasteiger partial charge in [0, 0.05) is 32.4 Å². The predicted octanol–water partition coefficient (Wildman–Crippen LogP) is 1.50. The molecule has 1 aromatic heterocycles. The van der Waals surface area contributed by atoms with Gasteiger partial charge in [-0.25, -0.2) is 4.98 Å². The molecular weight excluding hydrogens is 214 g/mol. The maximum absolute atomic E-state index is 9.01. The lowest BCUT2D eigenvalue weighted by Gasteiger charge is -2.32. The van der Waals surface area contributed by atoms with E-state index in [-0.39, 0.29) is 0 Å². The maximum Gasteiger partial charge on any atom is 0.0948 e. The van der Waals surface area contributed by atoms with Crippen molar-refractivity contribution in [2.75, 3.05) is 19.7 Å². The highest BCUT2D eigenvalue weighted by Crippen LogP contribution is 2.20. The molecule has 0 aliphatic carbocycles. The first-order valence-corrected chi connectivity index (χ1v) is 6.65. The monoisotopic (exact) mass is 237 g/mol. The molecule has 0 amide bonds. The average Bonchev–Trinajstić information content (AvgIpc) is 2.77. The van der Waals surface area contributed by atoms with Crippen LogP contribution >= 0.6 is 0 Å². The number of hydrogen-bond donors (Lipinski definition) is 1. The van der Waals surface area contributed by atoms with E-state index in [0.29, 0.717) is 12.5 Å². The van der Waals surface area contributed by atoms with Crippen LogP contribution in [0.1, 0.15) is 31.9 Å². The van der Waals surface area contributed by atoms with Gasteiger partial charge < -0.3 is 9.67 Å². The number of nitrogens with zero attached hydrogens (tertiary/aromatic N) is 3. The minimum absolute atomic E-state index is 0.325. The molecule has 1 fully saturated rings. The number of aromatic nitrogens is 2. The van der Waals surface area contributed by atoms with Crippen LogP contribution in [-0.2, 0) is 13.1 Å². The molecule has 2 heterocycles. The van der Waals surface area contributed by atoms with Crippen molar-refractivity contribution in [2.45, 2.75) is 39.3 Å². The van der Waals surface area contributed by atoms with Crippen LogP contribution in [0.15, 0.2) is 12.5 Å². The minimum Gasteiger partial charge on any atom is -0.396 e. The molecule has 1 N–H and O–H groups in total. The lowest BCUT2D eigenvalue weighted by atomic mass is 9.95. The number of aliphatic hydroxyl groups excluding tert-OH is 1. The average molecular weight is 237 g/mol. The predicted molar refractivity (Wildman–Crippen MR) is 67.6 cm³/mol. The van der Waals surface area contributed by atoms with Gasteiger partial charge in [0.2, 0.25) is 0 Å². The summed E-state index contributed by atoms with van der Waals surface area (Å²) in [6.45, 7) is 6.76. The highest BCUT2D eigenvalue weighted by atomic mass is 16.3. The van der Waals surface area contributed by atoms with Crippen LogP contribution in [0.3, 0.4) is 0 Å². The van der Waals surface area contributed by atoms with Crippen molar-refractivity contribution in [3.05, 3.63) is 18.2 Å². The second-order valence-corrected chi connectivity index (χ2v) is 4.93. The molecule has 1 unspecified atom stereocenters. The van der Waals surface area contributed by atoms with Crippen molar-refractivity contribution in [2.24, 2.45) is 5.92 Å². The van der Waals surface area contributed by atoms with Crippen molar-refractivity contribution in [1.82, 2.24) is 14.5 Å². The summed E-state index contributed by atoms with van der Waals surface area (Å²) in [6.07, 6.45) is 7.35. The fourth-order valence-electron chi connectivity index (χ4n) is 2.71. The smallest absolute Gasteiger partial charge is 0.0948 e. The molecule has 96 valence electrons. The molecule has 2 rings (SSSR count). The van der Waals surface area contributed by atoms with Crippen LogP contribution in [-0.4, -0.2) is 39.3 Å². The topological polar surface area (TPSA) is 41.3 Å². The molecule has 0 radical (unpaired) electrons. The summed E-state index contributed by atoms with van der Waals surface area (Å²) in [5, 5.41) is 9.01. The first-order valence-electron chi connectivity index (χ1n) is 6.65. The van der Waals surface area contributed by atoms with Crippen LogP contribution in [0, 0.1) is 5.92 Å². The molecule has 4 nitrogen and oxygen atoms in total. The van der Waals surface area contributed by atoms with E-state index in [1.807, 2.05) is 12.5 Å². The van der Waals surface area contributed by atoms with Crippen molar-refractivity contribution in [3.63, 3.8) is 0 Å². The molecule has 17 heavy (non-hydrogen) atoms. The van der Waals surface area contributed by atoms with E-state index in [1.165, 1.54) is 25.1 Å². The molecule has 1 atom stereocenters. The Labute approximate surface area is 103 Å². The summed E-state index contributed by atoms with van der Waals surface area (Å²) in [5.74, 6) is 0.673. The van der Waals surface area contributed by atoms with Gasteiger partial charge >= 0.3 is 0 Å². The second-order valence-electron chi connectivity index (χ2n) is 4.93. The van der Waals surface area contributed by atoms with E-state index in [9.17, 15) is 0 Å². The molecule has 0 bridgehead atoms. The van der Waals surface area contributed by atoms with E-state index < -0.39 is 0 Å².